The summed E-state index contributed by atoms with van der Waals surface area (Å²) in [6.45, 7) is 1.95. The Hall–Kier alpha value is -1.56. The molecule has 0 bridgehead atoms. The molecular formula is C13H8Cl2N2. The summed E-state index contributed by atoms with van der Waals surface area (Å²) in [6, 6.07) is 7.39. The molecule has 0 spiro atoms. The van der Waals surface area contributed by atoms with Gasteiger partial charge in [-0.05, 0) is 42.3 Å². The highest BCUT2D eigenvalue weighted by Crippen LogP contribution is 2.28. The van der Waals surface area contributed by atoms with Crippen LogP contribution in [0.4, 0.5) is 0 Å². The molecule has 0 N–H and O–H groups in total. The number of aryl methyl sites for hydroxylation is 1. The van der Waals surface area contributed by atoms with Crippen molar-refractivity contribution in [3.8, 4) is 6.07 Å². The summed E-state index contributed by atoms with van der Waals surface area (Å²) in [6.07, 6.45) is 3.19. The topological polar surface area (TPSA) is 36.7 Å². The van der Waals surface area contributed by atoms with Crippen LogP contribution < -0.4 is 0 Å². The van der Waals surface area contributed by atoms with E-state index in [4.69, 9.17) is 28.5 Å². The van der Waals surface area contributed by atoms with Gasteiger partial charge in [-0.15, -0.1) is 0 Å². The zero-order valence-corrected chi connectivity index (χ0v) is 10.5. The minimum absolute atomic E-state index is 0.377. The zero-order chi connectivity index (χ0) is 12.4. The van der Waals surface area contributed by atoms with Crippen LogP contribution in [-0.4, -0.2) is 4.98 Å². The summed E-state index contributed by atoms with van der Waals surface area (Å²) in [7, 11) is 0. The molecule has 84 valence electrons. The van der Waals surface area contributed by atoms with E-state index in [1.165, 1.54) is 6.08 Å². The molecule has 0 saturated heterocycles. The zero-order valence-electron chi connectivity index (χ0n) is 9.04. The average molecular weight is 263 g/mol. The third-order valence-corrected chi connectivity index (χ3v) is 2.96. The Balaban J connectivity index is 2.72. The van der Waals surface area contributed by atoms with Gasteiger partial charge in [0, 0.05) is 11.5 Å². The SMILES string of the molecule is Cc1cc2nc(Cl)cc(Cl)c2cc1C=CC#N. The summed E-state index contributed by atoms with van der Waals surface area (Å²) >= 11 is 12.0. The van der Waals surface area contributed by atoms with E-state index in [0.717, 1.165) is 22.0 Å². The van der Waals surface area contributed by atoms with Crippen molar-refractivity contribution in [2.45, 2.75) is 6.92 Å². The fraction of sp³-hybridized carbons (Fsp3) is 0.0769. The van der Waals surface area contributed by atoms with E-state index in [0.29, 0.717) is 10.2 Å². The maximum absolute atomic E-state index is 8.53. The summed E-state index contributed by atoms with van der Waals surface area (Å²) < 4.78 is 0. The monoisotopic (exact) mass is 262 g/mol. The third kappa shape index (κ3) is 2.41. The van der Waals surface area contributed by atoms with Crippen molar-refractivity contribution >= 4 is 40.2 Å². The first kappa shape index (κ1) is 11.9. The van der Waals surface area contributed by atoms with Crippen molar-refractivity contribution in [2.75, 3.05) is 0 Å². The van der Waals surface area contributed by atoms with Gasteiger partial charge in [0.05, 0.1) is 16.6 Å². The number of benzene rings is 1. The number of halogens is 2. The maximum atomic E-state index is 8.53. The van der Waals surface area contributed by atoms with Crippen LogP contribution in [0.15, 0.2) is 24.3 Å². The van der Waals surface area contributed by atoms with Crippen LogP contribution in [0.5, 0.6) is 0 Å². The van der Waals surface area contributed by atoms with E-state index in [1.54, 1.807) is 12.1 Å². The lowest BCUT2D eigenvalue weighted by molar-refractivity contribution is 1.38. The first-order valence-corrected chi connectivity index (χ1v) is 5.70. The minimum Gasteiger partial charge on any atom is -0.236 e. The smallest absolute Gasteiger partial charge is 0.131 e. The van der Waals surface area contributed by atoms with Gasteiger partial charge in [-0.2, -0.15) is 5.26 Å². The lowest BCUT2D eigenvalue weighted by Gasteiger charge is -2.05. The molecular weight excluding hydrogens is 255 g/mol. The molecule has 0 fully saturated rings. The second kappa shape index (κ2) is 4.75. The predicted octanol–water partition coefficient (Wildman–Crippen LogP) is 4.39. The van der Waals surface area contributed by atoms with Gasteiger partial charge in [0.15, 0.2) is 0 Å². The molecule has 0 amide bonds. The van der Waals surface area contributed by atoms with Crippen LogP contribution in [0.1, 0.15) is 11.1 Å². The Kier molecular flexibility index (Phi) is 3.33. The minimum atomic E-state index is 0.377. The molecule has 0 atom stereocenters. The van der Waals surface area contributed by atoms with Crippen LogP contribution in [-0.2, 0) is 0 Å². The highest BCUT2D eigenvalue weighted by molar-refractivity contribution is 6.37. The van der Waals surface area contributed by atoms with Gasteiger partial charge in [-0.25, -0.2) is 4.98 Å². The predicted molar refractivity (Wildman–Crippen MR) is 71.1 cm³/mol. The average Bonchev–Trinajstić information content (AvgIpc) is 2.26. The molecule has 17 heavy (non-hydrogen) atoms. The third-order valence-electron chi connectivity index (χ3n) is 2.45. The van der Waals surface area contributed by atoms with Gasteiger partial charge < -0.3 is 0 Å². The first-order chi connectivity index (χ1) is 8.11. The molecule has 2 aromatic rings. The van der Waals surface area contributed by atoms with Crippen LogP contribution in [0.25, 0.3) is 17.0 Å². The Bertz CT molecular complexity index is 654. The van der Waals surface area contributed by atoms with E-state index in [-0.39, 0.29) is 0 Å². The molecule has 2 rings (SSSR count). The van der Waals surface area contributed by atoms with E-state index < -0.39 is 0 Å². The van der Waals surface area contributed by atoms with Crippen LogP contribution in [0.2, 0.25) is 10.2 Å². The first-order valence-electron chi connectivity index (χ1n) is 4.94. The fourth-order valence-corrected chi connectivity index (χ4v) is 2.14. The number of hydrogen-bond acceptors (Lipinski definition) is 2. The van der Waals surface area contributed by atoms with Crippen LogP contribution >= 0.6 is 23.2 Å². The second-order valence-electron chi connectivity index (χ2n) is 3.62. The summed E-state index contributed by atoms with van der Waals surface area (Å²) in [5.74, 6) is 0. The highest BCUT2D eigenvalue weighted by Gasteiger charge is 2.05. The molecule has 1 heterocycles. The van der Waals surface area contributed by atoms with E-state index in [1.807, 2.05) is 25.1 Å². The number of pyridine rings is 1. The fourth-order valence-electron chi connectivity index (χ4n) is 1.63. The van der Waals surface area contributed by atoms with Gasteiger partial charge in [0.2, 0.25) is 0 Å². The lowest BCUT2D eigenvalue weighted by atomic mass is 10.0. The molecule has 0 aliphatic rings. The Morgan fingerprint density at radius 3 is 2.76 bits per heavy atom. The van der Waals surface area contributed by atoms with Crippen molar-refractivity contribution in [3.63, 3.8) is 0 Å². The van der Waals surface area contributed by atoms with E-state index in [2.05, 4.69) is 4.98 Å². The molecule has 0 radical (unpaired) electrons. The quantitative estimate of drug-likeness (QED) is 0.565. The van der Waals surface area contributed by atoms with E-state index >= 15 is 0 Å². The summed E-state index contributed by atoms with van der Waals surface area (Å²) in [5, 5.41) is 10.3. The molecule has 0 saturated carbocycles. The number of nitrogens with zero attached hydrogens (tertiary/aromatic N) is 2. The lowest BCUT2D eigenvalue weighted by Crippen LogP contribution is -1.87. The van der Waals surface area contributed by atoms with E-state index in [9.17, 15) is 0 Å². The largest absolute Gasteiger partial charge is 0.236 e. The molecule has 4 heteroatoms. The summed E-state index contributed by atoms with van der Waals surface area (Å²) in [4.78, 5) is 4.21. The molecule has 0 aliphatic heterocycles. The van der Waals surface area contributed by atoms with Crippen molar-refractivity contribution in [1.82, 2.24) is 4.98 Å². The van der Waals surface area contributed by atoms with Crippen molar-refractivity contribution in [3.05, 3.63) is 45.6 Å². The molecule has 0 aliphatic carbocycles. The van der Waals surface area contributed by atoms with Gasteiger partial charge in [0.25, 0.3) is 0 Å². The molecule has 0 unspecified atom stereocenters. The Morgan fingerprint density at radius 1 is 1.29 bits per heavy atom. The van der Waals surface area contributed by atoms with Crippen molar-refractivity contribution in [1.29, 1.82) is 5.26 Å². The Labute approximate surface area is 109 Å². The highest BCUT2D eigenvalue weighted by atomic mass is 35.5. The molecule has 2 nitrogen and oxygen atoms in total. The molecule has 1 aromatic heterocycles. The summed E-state index contributed by atoms with van der Waals surface area (Å²) in [5.41, 5.74) is 2.73. The number of hydrogen-bond donors (Lipinski definition) is 0. The number of nitriles is 1. The van der Waals surface area contributed by atoms with Gasteiger partial charge in [-0.1, -0.05) is 23.2 Å². The number of rotatable bonds is 1. The Morgan fingerprint density at radius 2 is 2.06 bits per heavy atom. The number of fused-ring (bicyclic) bond motifs is 1. The normalized spacial score (nSPS) is 10.9. The van der Waals surface area contributed by atoms with Crippen molar-refractivity contribution in [2.24, 2.45) is 0 Å². The van der Waals surface area contributed by atoms with Crippen LogP contribution in [0.3, 0.4) is 0 Å². The van der Waals surface area contributed by atoms with Gasteiger partial charge >= 0.3 is 0 Å². The van der Waals surface area contributed by atoms with Crippen molar-refractivity contribution < 1.29 is 0 Å². The number of allylic oxidation sites excluding steroid dienone is 1. The molecule has 1 aromatic carbocycles. The number of aromatic nitrogens is 1. The standard InChI is InChI=1S/C13H8Cl2N2/c1-8-5-12-10(6-9(8)3-2-4-16)11(14)7-13(15)17-12/h2-3,5-7H,1H3. The van der Waals surface area contributed by atoms with Gasteiger partial charge in [-0.3, -0.25) is 0 Å². The maximum Gasteiger partial charge on any atom is 0.131 e. The van der Waals surface area contributed by atoms with Crippen LogP contribution in [0, 0.1) is 18.3 Å². The van der Waals surface area contributed by atoms with Gasteiger partial charge in [0.1, 0.15) is 5.15 Å². The second-order valence-corrected chi connectivity index (χ2v) is 4.41.